The number of nitrogens with zero attached hydrogens (tertiary/aromatic N) is 3. The molecule has 0 aliphatic carbocycles. The van der Waals surface area contributed by atoms with Gasteiger partial charge in [0, 0.05) is 25.7 Å². The highest BCUT2D eigenvalue weighted by Gasteiger charge is 2.33. The summed E-state index contributed by atoms with van der Waals surface area (Å²) in [6, 6.07) is 13.0. The van der Waals surface area contributed by atoms with Gasteiger partial charge in [-0.25, -0.2) is 4.98 Å². The molecule has 1 aliphatic heterocycles. The van der Waals surface area contributed by atoms with E-state index in [-0.39, 0.29) is 43.6 Å². The topological polar surface area (TPSA) is 120 Å². The molecule has 2 unspecified atom stereocenters. The van der Waals surface area contributed by atoms with E-state index in [9.17, 15) is 27.6 Å². The minimum Gasteiger partial charge on any atom is -0.376 e. The smallest absolute Gasteiger partial charge is 0.376 e. The first-order valence-electron chi connectivity index (χ1n) is 15.5. The van der Waals surface area contributed by atoms with Gasteiger partial charge in [-0.3, -0.25) is 14.4 Å². The van der Waals surface area contributed by atoms with E-state index < -0.39 is 35.1 Å². The lowest BCUT2D eigenvalue weighted by molar-refractivity contribution is -0.137. The maximum atomic E-state index is 13.8. The van der Waals surface area contributed by atoms with Gasteiger partial charge in [0.05, 0.1) is 36.6 Å². The van der Waals surface area contributed by atoms with E-state index in [1.54, 1.807) is 18.7 Å². The summed E-state index contributed by atoms with van der Waals surface area (Å²) in [6.45, 7) is 6.74. The lowest BCUT2D eigenvalue weighted by Crippen LogP contribution is -2.42. The number of nitrogens with two attached hydrogens (primary N) is 1. The summed E-state index contributed by atoms with van der Waals surface area (Å²) in [6.07, 6.45) is 0.275. The number of alkyl halides is 3. The summed E-state index contributed by atoms with van der Waals surface area (Å²) in [5.74, 6) is -0.967. The molecule has 0 radical (unpaired) electrons. The predicted octanol–water partition coefficient (Wildman–Crippen LogP) is 5.61. The van der Waals surface area contributed by atoms with Crippen LogP contribution in [0.2, 0.25) is 0 Å². The van der Waals surface area contributed by atoms with Crippen LogP contribution >= 0.6 is 0 Å². The number of ketones is 1. The van der Waals surface area contributed by atoms with Crippen molar-refractivity contribution in [1.29, 1.82) is 0 Å². The highest BCUT2D eigenvalue weighted by molar-refractivity contribution is 5.93. The Bertz CT molecular complexity index is 1460. The van der Waals surface area contributed by atoms with Gasteiger partial charge < -0.3 is 25.3 Å². The molecule has 0 saturated carbocycles. The fourth-order valence-corrected chi connectivity index (χ4v) is 5.28. The van der Waals surface area contributed by atoms with E-state index in [4.69, 9.17) is 10.5 Å². The van der Waals surface area contributed by atoms with Gasteiger partial charge in [-0.15, -0.1) is 0 Å². The Morgan fingerprint density at radius 2 is 1.70 bits per heavy atom. The van der Waals surface area contributed by atoms with Crippen LogP contribution in [0.4, 0.5) is 19.0 Å². The molecule has 1 aromatic heterocycles. The van der Waals surface area contributed by atoms with Crippen molar-refractivity contribution in [2.45, 2.75) is 70.8 Å². The van der Waals surface area contributed by atoms with Gasteiger partial charge in [-0.05, 0) is 62.3 Å². The number of nitrogens with one attached hydrogen (secondary N) is 1. The first-order chi connectivity index (χ1) is 21.7. The minimum absolute atomic E-state index is 0.0414. The van der Waals surface area contributed by atoms with E-state index >= 15 is 0 Å². The molecule has 12 heteroatoms. The van der Waals surface area contributed by atoms with Crippen molar-refractivity contribution in [3.63, 3.8) is 0 Å². The van der Waals surface area contributed by atoms with Gasteiger partial charge in [0.15, 0.2) is 11.6 Å². The Morgan fingerprint density at radius 3 is 2.30 bits per heavy atom. The van der Waals surface area contributed by atoms with E-state index in [1.807, 2.05) is 30.3 Å². The summed E-state index contributed by atoms with van der Waals surface area (Å²) >= 11 is 0. The maximum absolute atomic E-state index is 13.8. The molecule has 4 rings (SSSR count). The van der Waals surface area contributed by atoms with Gasteiger partial charge >= 0.3 is 6.18 Å². The summed E-state index contributed by atoms with van der Waals surface area (Å²) in [5.41, 5.74) is 5.39. The molecule has 1 saturated heterocycles. The van der Waals surface area contributed by atoms with Crippen LogP contribution < -0.4 is 11.1 Å². The molecule has 3 aromatic rings. The number of ether oxygens (including phenoxy) is 1. The van der Waals surface area contributed by atoms with Crippen LogP contribution in [0.25, 0.3) is 0 Å². The molecule has 1 fully saturated rings. The van der Waals surface area contributed by atoms with Crippen LogP contribution in [-0.4, -0.2) is 57.3 Å². The number of benzene rings is 2. The molecule has 9 nitrogen and oxygen atoms in total. The third-order valence-electron chi connectivity index (χ3n) is 8.27. The molecule has 46 heavy (non-hydrogen) atoms. The number of carbonyl (C=O) groups is 3. The fraction of sp³-hybridized carbons (Fsp3) is 0.471. The number of carbonyl (C=O) groups excluding carboxylic acids is 3. The zero-order valence-corrected chi connectivity index (χ0v) is 26.4. The Labute approximate surface area is 267 Å². The molecule has 2 heterocycles. The Hall–Kier alpha value is -4.03. The normalized spacial score (nSPS) is 15.8. The van der Waals surface area contributed by atoms with Gasteiger partial charge in [-0.2, -0.15) is 13.2 Å². The molecule has 0 bridgehead atoms. The van der Waals surface area contributed by atoms with Crippen molar-refractivity contribution in [3.8, 4) is 0 Å². The van der Waals surface area contributed by atoms with E-state index in [0.717, 1.165) is 30.5 Å². The Balaban J connectivity index is 1.53. The zero-order valence-electron chi connectivity index (χ0n) is 26.4. The number of piperidine rings is 1. The van der Waals surface area contributed by atoms with E-state index in [0.29, 0.717) is 24.6 Å². The van der Waals surface area contributed by atoms with Crippen LogP contribution in [0, 0.1) is 11.8 Å². The fourth-order valence-electron chi connectivity index (χ4n) is 5.28. The van der Waals surface area contributed by atoms with E-state index in [1.165, 1.54) is 29.2 Å². The van der Waals surface area contributed by atoms with Crippen molar-refractivity contribution < 1.29 is 32.3 Å². The van der Waals surface area contributed by atoms with Crippen LogP contribution in [0.3, 0.4) is 0 Å². The molecule has 2 amide bonds. The highest BCUT2D eigenvalue weighted by Crippen LogP contribution is 2.32. The molecular formula is C34H42F3N5O4. The second-order valence-corrected chi connectivity index (χ2v) is 12.6. The van der Waals surface area contributed by atoms with Gasteiger partial charge in [-0.1, -0.05) is 49.4 Å². The first kappa shape index (κ1) is 34.8. The maximum Gasteiger partial charge on any atom is 0.416 e. The molecule has 1 aliphatic rings. The number of hydrogen-bond donors (Lipinski definition) is 2. The number of anilines is 1. The number of aromatic nitrogens is 2. The predicted molar refractivity (Wildman–Crippen MR) is 168 cm³/mol. The van der Waals surface area contributed by atoms with Crippen LogP contribution in [0.15, 0.2) is 67.1 Å². The summed E-state index contributed by atoms with van der Waals surface area (Å²) in [4.78, 5) is 45.8. The summed E-state index contributed by atoms with van der Waals surface area (Å²) < 4.78 is 47.2. The van der Waals surface area contributed by atoms with Crippen molar-refractivity contribution in [1.82, 2.24) is 14.5 Å². The van der Waals surface area contributed by atoms with E-state index in [2.05, 4.69) is 17.2 Å². The number of rotatable bonds is 13. The standard InChI is InChI=1S/C34H42F3N5O4/c1-23-15-17-41(18-16-23)32(45)30(25-9-12-27(13-10-25)34(35,36)37)42-19-29(39-22-42)40-31(44)26(11-14-28(43)33(2,3)38)21-46-20-24-7-5-4-6-8-24/h4-10,12-13,19,22-23,26,30H,11,14-18,20-21,38H2,1-3H3,(H,40,44). The number of amides is 2. The van der Waals surface area contributed by atoms with Crippen molar-refractivity contribution in [2.75, 3.05) is 25.0 Å². The quantitative estimate of drug-likeness (QED) is 0.251. The van der Waals surface area contributed by atoms with Gasteiger partial charge in [0.2, 0.25) is 11.8 Å². The van der Waals surface area contributed by atoms with Gasteiger partial charge in [0.25, 0.3) is 0 Å². The SMILES string of the molecule is CC1CCN(C(=O)C(c2ccc(C(F)(F)F)cc2)n2cnc(NC(=O)C(CCC(=O)C(C)(C)N)COCc3ccccc3)c2)CC1. The average molecular weight is 642 g/mol. The third-order valence-corrected chi connectivity index (χ3v) is 8.27. The van der Waals surface area contributed by atoms with Crippen molar-refractivity contribution >= 4 is 23.4 Å². The molecule has 0 spiro atoms. The zero-order chi connectivity index (χ0) is 33.5. The largest absolute Gasteiger partial charge is 0.416 e. The minimum atomic E-state index is -4.51. The Morgan fingerprint density at radius 1 is 1.04 bits per heavy atom. The molecular weight excluding hydrogens is 599 g/mol. The summed E-state index contributed by atoms with van der Waals surface area (Å²) in [5, 5.41) is 2.77. The molecule has 2 aromatic carbocycles. The lowest BCUT2D eigenvalue weighted by Gasteiger charge is -2.33. The first-order valence-corrected chi connectivity index (χ1v) is 15.5. The molecule has 3 N–H and O–H groups in total. The Kier molecular flexibility index (Phi) is 11.4. The monoisotopic (exact) mass is 641 g/mol. The average Bonchev–Trinajstić information content (AvgIpc) is 3.46. The molecule has 2 atom stereocenters. The second-order valence-electron chi connectivity index (χ2n) is 12.6. The van der Waals surface area contributed by atoms with Crippen LogP contribution in [-0.2, 0) is 31.9 Å². The number of Topliss-reactive ketones (excluding diaryl/α,β-unsaturated/α-hetero) is 1. The summed E-state index contributed by atoms with van der Waals surface area (Å²) in [7, 11) is 0. The van der Waals surface area contributed by atoms with Crippen LogP contribution in [0.1, 0.15) is 69.2 Å². The number of likely N-dealkylation sites (tertiary alicyclic amines) is 1. The number of imidazole rings is 1. The highest BCUT2D eigenvalue weighted by atomic mass is 19.4. The molecule has 248 valence electrons. The van der Waals surface area contributed by atoms with Crippen LogP contribution in [0.5, 0.6) is 0 Å². The lowest BCUT2D eigenvalue weighted by atomic mass is 9.93. The number of hydrogen-bond acceptors (Lipinski definition) is 6. The van der Waals surface area contributed by atoms with Crippen molar-refractivity contribution in [2.24, 2.45) is 17.6 Å². The third kappa shape index (κ3) is 9.49. The number of halogens is 3. The second kappa shape index (κ2) is 15.0. The van der Waals surface area contributed by atoms with Crippen molar-refractivity contribution in [3.05, 3.63) is 83.8 Å². The van der Waals surface area contributed by atoms with Gasteiger partial charge in [0.1, 0.15) is 6.04 Å².